The third-order valence-electron chi connectivity index (χ3n) is 4.49. The van der Waals surface area contributed by atoms with E-state index in [2.05, 4.69) is 31.3 Å². The number of nitrogens with one attached hydrogen (secondary N) is 1. The number of allylic oxidation sites excluding steroid dienone is 4. The molecule has 0 aliphatic heterocycles. The number of aliphatic hydroxyl groups excluding tert-OH is 1. The van der Waals surface area contributed by atoms with Crippen LogP contribution in [0.1, 0.15) is 67.6 Å². The Bertz CT molecular complexity index is 981. The van der Waals surface area contributed by atoms with Crippen LogP contribution in [0.25, 0.3) is 5.57 Å². The summed E-state index contributed by atoms with van der Waals surface area (Å²) in [5, 5.41) is 23.1. The molecule has 2 rings (SSSR count). The van der Waals surface area contributed by atoms with Gasteiger partial charge in [0.2, 0.25) is 0 Å². The average Bonchev–Trinajstić information content (AvgIpc) is 3.23. The lowest BCUT2D eigenvalue weighted by molar-refractivity contribution is -0.137. The van der Waals surface area contributed by atoms with Crippen molar-refractivity contribution in [2.45, 2.75) is 66.2 Å². The van der Waals surface area contributed by atoms with E-state index in [9.17, 15) is 18.0 Å². The van der Waals surface area contributed by atoms with Gasteiger partial charge in [0.25, 0.3) is 0 Å². The molecule has 1 heterocycles. The number of hydrogen-bond acceptors (Lipinski definition) is 6. The summed E-state index contributed by atoms with van der Waals surface area (Å²) < 4.78 is 38.8. The molecule has 0 aliphatic rings. The van der Waals surface area contributed by atoms with Gasteiger partial charge in [0.15, 0.2) is 0 Å². The number of ether oxygens (including phenoxy) is 1. The molecule has 1 atom stereocenters. The van der Waals surface area contributed by atoms with Crippen molar-refractivity contribution < 1.29 is 32.9 Å². The second-order valence-electron chi connectivity index (χ2n) is 7.45. The second kappa shape index (κ2) is 19.7. The molecule has 0 amide bonds. The number of benzene rings is 1. The third-order valence-corrected chi connectivity index (χ3v) is 5.75. The Kier molecular flexibility index (Phi) is 19.1. The van der Waals surface area contributed by atoms with E-state index < -0.39 is 18.6 Å². The van der Waals surface area contributed by atoms with Gasteiger partial charge in [0.1, 0.15) is 17.4 Å². The average molecular weight is 543 g/mol. The van der Waals surface area contributed by atoms with Gasteiger partial charge in [-0.25, -0.2) is 4.98 Å². The van der Waals surface area contributed by atoms with Crippen molar-refractivity contribution in [3.63, 3.8) is 0 Å². The number of aliphatic hydroxyl groups is 1. The van der Waals surface area contributed by atoms with Gasteiger partial charge < -0.3 is 20.4 Å². The minimum Gasteiger partial charge on any atom is -0.516 e. The lowest BCUT2D eigenvalue weighted by Gasteiger charge is -2.10. The highest BCUT2D eigenvalue weighted by Crippen LogP contribution is 2.26. The Morgan fingerprint density at radius 2 is 1.78 bits per heavy atom. The second-order valence-corrected chi connectivity index (χ2v) is 8.53. The molecule has 0 saturated heterocycles. The molecule has 0 bridgehead atoms. The number of alkyl halides is 3. The van der Waals surface area contributed by atoms with Crippen LogP contribution in [0.4, 0.5) is 13.2 Å². The van der Waals surface area contributed by atoms with Crippen LogP contribution in [0.5, 0.6) is 5.75 Å². The number of thiazole rings is 1. The zero-order valence-electron chi connectivity index (χ0n) is 21.9. The van der Waals surface area contributed by atoms with Crippen LogP contribution in [0, 0.1) is 12.3 Å². The Morgan fingerprint density at radius 1 is 1.24 bits per heavy atom. The minimum atomic E-state index is -4.07. The van der Waals surface area contributed by atoms with Crippen LogP contribution in [0.2, 0.25) is 0 Å². The Balaban J connectivity index is 0. The number of aromatic nitrogens is 1. The highest BCUT2D eigenvalue weighted by atomic mass is 32.1. The molecule has 0 saturated carbocycles. The highest BCUT2D eigenvalue weighted by Gasteiger charge is 2.23. The molecule has 3 N–H and O–H groups in total. The van der Waals surface area contributed by atoms with Crippen LogP contribution >= 0.6 is 11.3 Å². The molecule has 206 valence electrons. The van der Waals surface area contributed by atoms with E-state index in [1.807, 2.05) is 45.0 Å². The summed E-state index contributed by atoms with van der Waals surface area (Å²) >= 11 is 1.66. The molecule has 10 heteroatoms. The summed E-state index contributed by atoms with van der Waals surface area (Å²) in [5.74, 6) is -0.0132. The van der Waals surface area contributed by atoms with Gasteiger partial charge in [-0.05, 0) is 63.6 Å². The van der Waals surface area contributed by atoms with E-state index in [4.69, 9.17) is 20.4 Å². The van der Waals surface area contributed by atoms with Crippen LogP contribution in [0.3, 0.4) is 0 Å². The number of carboxylic acid groups (broad SMARTS) is 1. The SMILES string of the molecule is C/C=C(\C)c1nc(C)c(COc2ccc(C(C)CC(=O)O)cc2)s1.C/C=C\O.C=CCC(F)(F)F.C=N. The monoisotopic (exact) mass is 542 g/mol. The first-order chi connectivity index (χ1) is 17.4. The van der Waals surface area contributed by atoms with E-state index in [1.165, 1.54) is 5.57 Å². The van der Waals surface area contributed by atoms with Gasteiger partial charge in [0, 0.05) is 0 Å². The van der Waals surface area contributed by atoms with Crippen molar-refractivity contribution in [2.75, 3.05) is 0 Å². The number of halogens is 3. The third kappa shape index (κ3) is 16.8. The molecule has 37 heavy (non-hydrogen) atoms. The Labute approximate surface area is 221 Å². The van der Waals surface area contributed by atoms with Crippen LogP contribution in [-0.4, -0.2) is 34.1 Å². The number of carbonyl (C=O) groups is 1. The summed E-state index contributed by atoms with van der Waals surface area (Å²) in [7, 11) is 0. The van der Waals surface area contributed by atoms with E-state index in [-0.39, 0.29) is 12.3 Å². The topological polar surface area (TPSA) is 104 Å². The lowest BCUT2D eigenvalue weighted by Crippen LogP contribution is -2.03. The molecule has 1 aromatic carbocycles. The number of hydrogen-bond donors (Lipinski definition) is 3. The molecule has 0 radical (unpaired) electrons. The van der Waals surface area contributed by atoms with Crippen molar-refractivity contribution in [3.8, 4) is 5.75 Å². The number of nitrogens with zero attached hydrogens (tertiary/aromatic N) is 1. The van der Waals surface area contributed by atoms with Gasteiger partial charge in [-0.3, -0.25) is 4.79 Å². The predicted octanol–water partition coefficient (Wildman–Crippen LogP) is 8.50. The Hall–Kier alpha value is -3.40. The van der Waals surface area contributed by atoms with E-state index in [1.54, 1.807) is 24.3 Å². The normalized spacial score (nSPS) is 11.6. The van der Waals surface area contributed by atoms with Gasteiger partial charge in [-0.2, -0.15) is 13.2 Å². The fourth-order valence-electron chi connectivity index (χ4n) is 2.44. The van der Waals surface area contributed by atoms with E-state index >= 15 is 0 Å². The maximum atomic E-state index is 11.0. The number of aliphatic carboxylic acids is 1. The molecule has 1 aromatic heterocycles. The van der Waals surface area contributed by atoms with E-state index in [0.29, 0.717) is 6.61 Å². The first-order valence-electron chi connectivity index (χ1n) is 11.2. The van der Waals surface area contributed by atoms with E-state index in [0.717, 1.165) is 39.2 Å². The molecular formula is C27H37F3N2O4S. The first-order valence-corrected chi connectivity index (χ1v) is 12.0. The number of rotatable bonds is 8. The van der Waals surface area contributed by atoms with Gasteiger partial charge in [0.05, 0.1) is 29.7 Å². The maximum absolute atomic E-state index is 11.0. The smallest absolute Gasteiger partial charge is 0.392 e. The van der Waals surface area contributed by atoms with Crippen molar-refractivity contribution in [3.05, 3.63) is 76.5 Å². The minimum absolute atomic E-state index is 0.00773. The zero-order valence-corrected chi connectivity index (χ0v) is 22.7. The molecule has 6 nitrogen and oxygen atoms in total. The molecule has 2 aromatic rings. The van der Waals surface area contributed by atoms with Crippen molar-refractivity contribution in [1.29, 1.82) is 5.41 Å². The predicted molar refractivity (Wildman–Crippen MR) is 146 cm³/mol. The van der Waals surface area contributed by atoms with Gasteiger partial charge >= 0.3 is 12.1 Å². The van der Waals surface area contributed by atoms with Crippen molar-refractivity contribution in [1.82, 2.24) is 4.98 Å². The Morgan fingerprint density at radius 3 is 2.16 bits per heavy atom. The van der Waals surface area contributed by atoms with Gasteiger partial charge in [-0.15, -0.1) is 17.9 Å². The summed E-state index contributed by atoms with van der Waals surface area (Å²) in [5.41, 5.74) is 3.18. The summed E-state index contributed by atoms with van der Waals surface area (Å²) in [6.07, 6.45) is 0.613. The fourth-order valence-corrected chi connectivity index (χ4v) is 3.45. The lowest BCUT2D eigenvalue weighted by atomic mass is 9.98. The molecular weight excluding hydrogens is 505 g/mol. The van der Waals surface area contributed by atoms with Crippen LogP contribution in [0.15, 0.2) is 55.3 Å². The number of aryl methyl sites for hydroxylation is 1. The van der Waals surface area contributed by atoms with Crippen LogP contribution < -0.4 is 4.74 Å². The van der Waals surface area contributed by atoms with Gasteiger partial charge in [-0.1, -0.05) is 37.3 Å². The highest BCUT2D eigenvalue weighted by molar-refractivity contribution is 7.12. The first kappa shape index (κ1) is 35.8. The largest absolute Gasteiger partial charge is 0.516 e. The molecule has 0 spiro atoms. The quantitative estimate of drug-likeness (QED) is 0.176. The van der Waals surface area contributed by atoms with Crippen molar-refractivity contribution in [2.24, 2.45) is 0 Å². The summed E-state index contributed by atoms with van der Waals surface area (Å²) in [6, 6.07) is 7.64. The molecule has 0 aliphatic carbocycles. The summed E-state index contributed by atoms with van der Waals surface area (Å²) in [4.78, 5) is 16.5. The number of carboxylic acids is 1. The van der Waals surface area contributed by atoms with Crippen LogP contribution in [-0.2, 0) is 11.4 Å². The van der Waals surface area contributed by atoms with Crippen molar-refractivity contribution >= 4 is 29.6 Å². The standard InChI is InChI=1S/C19H23NO3S.C4H5F3.C3H6O.CH3N/c1-5-12(2)19-20-14(4)17(24-19)11-23-16-8-6-15(7-9-16)13(3)10-18(21)22;1-2-3-4(5,6)7;1-2-3-4;1-2/h5-9,13H,10-11H2,1-4H3,(H,21,22);2H,1,3H2;2-4H,1H3;2H,1H2/b12-5+;;3-2-;. The maximum Gasteiger partial charge on any atom is 0.392 e. The fraction of sp³-hybridized carbons (Fsp3) is 0.370. The summed E-state index contributed by atoms with van der Waals surface area (Å²) in [6.45, 7) is 15.6. The zero-order chi connectivity index (χ0) is 29.0. The molecule has 0 fully saturated rings. The molecule has 1 unspecified atom stereocenters.